The van der Waals surface area contributed by atoms with E-state index in [0.29, 0.717) is 42.3 Å². The lowest BCUT2D eigenvalue weighted by atomic mass is 9.94. The van der Waals surface area contributed by atoms with Crippen molar-refractivity contribution in [2.24, 2.45) is 10.7 Å². The number of aliphatic imine (C=N–C) groups is 1. The Hall–Kier alpha value is -3.72. The van der Waals surface area contributed by atoms with Crippen LogP contribution in [0.5, 0.6) is 6.01 Å². The van der Waals surface area contributed by atoms with Crippen LogP contribution in [0.3, 0.4) is 0 Å². The van der Waals surface area contributed by atoms with Crippen molar-refractivity contribution in [2.75, 3.05) is 50.5 Å². The van der Waals surface area contributed by atoms with Gasteiger partial charge in [-0.1, -0.05) is 11.6 Å². The van der Waals surface area contributed by atoms with E-state index >= 15 is 4.39 Å². The number of anilines is 2. The zero-order valence-electron chi connectivity index (χ0n) is 23.1. The summed E-state index contributed by atoms with van der Waals surface area (Å²) in [7, 11) is 1.34. The molecule has 0 radical (unpaired) electrons. The Labute approximate surface area is 248 Å². The molecule has 3 aliphatic heterocycles. The number of carbonyl (C=O) groups excluding carboxylic acids is 1. The van der Waals surface area contributed by atoms with Gasteiger partial charge >= 0.3 is 12.2 Å². The number of aromatic nitrogens is 2. The zero-order valence-corrected chi connectivity index (χ0v) is 23.8. The molecule has 2 atom stereocenters. The fraction of sp³-hybridized carbons (Fsp3) is 0.481. The monoisotopic (exact) mass is 629 g/mol. The van der Waals surface area contributed by atoms with Gasteiger partial charge in [-0.15, -0.1) is 0 Å². The summed E-state index contributed by atoms with van der Waals surface area (Å²) in [5, 5.41) is -0.0674. The molecule has 2 unspecified atom stereocenters. The Balaban J connectivity index is 1.46. The predicted molar refractivity (Wildman–Crippen MR) is 148 cm³/mol. The lowest BCUT2D eigenvalue weighted by molar-refractivity contribution is -0.140. The van der Waals surface area contributed by atoms with Gasteiger partial charge in [-0.3, -0.25) is 9.79 Å². The number of benzene rings is 1. The van der Waals surface area contributed by atoms with Crippen LogP contribution >= 0.6 is 11.6 Å². The fourth-order valence-electron chi connectivity index (χ4n) is 5.37. The van der Waals surface area contributed by atoms with Crippen molar-refractivity contribution in [2.45, 2.75) is 44.3 Å². The molecule has 43 heavy (non-hydrogen) atoms. The first kappa shape index (κ1) is 30.7. The second kappa shape index (κ2) is 12.1. The van der Waals surface area contributed by atoms with E-state index in [-0.39, 0.29) is 55.8 Å². The third-order valence-corrected chi connectivity index (χ3v) is 7.97. The molecule has 5 rings (SSSR count). The number of methoxy groups -OCH3 is 1. The van der Waals surface area contributed by atoms with Crippen LogP contribution in [0, 0.1) is 5.82 Å². The smallest absolute Gasteiger partial charge is 0.416 e. The maximum Gasteiger partial charge on any atom is 0.416 e. The number of rotatable bonds is 5. The number of hydrogen-bond donors (Lipinski definition) is 2. The number of halogens is 6. The van der Waals surface area contributed by atoms with Crippen molar-refractivity contribution in [1.82, 2.24) is 14.9 Å². The molecule has 1 fully saturated rings. The molecule has 10 nitrogen and oxygen atoms in total. The number of fused-ring (bicyclic) bond motifs is 1. The molecule has 16 heteroatoms. The Morgan fingerprint density at radius 1 is 1.23 bits per heavy atom. The van der Waals surface area contributed by atoms with Crippen LogP contribution in [0.1, 0.15) is 41.3 Å². The number of amides is 1. The summed E-state index contributed by atoms with van der Waals surface area (Å²) in [6.45, 7) is 0.770. The summed E-state index contributed by atoms with van der Waals surface area (Å²) in [5.41, 5.74) is 10.2. The third-order valence-electron chi connectivity index (χ3n) is 7.54. The SMILES string of the molecule is COc1nc2c(c(N3CCCN=C(/C(Cl)=C(\N)C(=O)N4CCC(F)C4)C3)n1)COC(c1c(C(F)(F)F)ccc(N)c1F)C2. The highest BCUT2D eigenvalue weighted by Crippen LogP contribution is 2.43. The highest BCUT2D eigenvalue weighted by molar-refractivity contribution is 6.45. The molecule has 0 spiro atoms. The highest BCUT2D eigenvalue weighted by atomic mass is 35.5. The molecule has 1 saturated heterocycles. The van der Waals surface area contributed by atoms with Crippen LogP contribution in [0.25, 0.3) is 0 Å². The van der Waals surface area contributed by atoms with Crippen molar-refractivity contribution >= 4 is 34.7 Å². The van der Waals surface area contributed by atoms with Gasteiger partial charge in [0.15, 0.2) is 5.82 Å². The van der Waals surface area contributed by atoms with E-state index in [1.54, 1.807) is 4.90 Å². The standard InChI is InChI=1S/C27H29ClF5N7O3/c1-42-26-37-17-9-19(20-15(27(31,32)33)3-4-16(34)22(20)30)43-12-14(17)24(38-26)39-7-2-6-36-18(11-39)21(28)23(35)25(41)40-8-5-13(29)10-40/h3-4,13,19H,2,5-12,34-35H2,1H3/b23-21+. The molecule has 4 heterocycles. The molecule has 1 aromatic heterocycles. The number of hydrogen-bond acceptors (Lipinski definition) is 9. The van der Waals surface area contributed by atoms with E-state index in [1.807, 2.05) is 0 Å². The van der Waals surface area contributed by atoms with Crippen molar-refractivity contribution in [3.8, 4) is 6.01 Å². The van der Waals surface area contributed by atoms with Crippen molar-refractivity contribution < 1.29 is 36.2 Å². The van der Waals surface area contributed by atoms with Gasteiger partial charge in [0.25, 0.3) is 5.91 Å². The Morgan fingerprint density at radius 2 is 2.00 bits per heavy atom. The van der Waals surface area contributed by atoms with E-state index < -0.39 is 47.0 Å². The molecule has 1 amide bonds. The number of ether oxygens (including phenoxy) is 2. The number of carbonyl (C=O) groups is 1. The Kier molecular flexibility index (Phi) is 8.65. The maximum absolute atomic E-state index is 15.0. The first-order valence-electron chi connectivity index (χ1n) is 13.5. The van der Waals surface area contributed by atoms with E-state index in [0.717, 1.165) is 12.1 Å². The van der Waals surface area contributed by atoms with Crippen molar-refractivity contribution in [3.63, 3.8) is 0 Å². The normalized spacial score (nSPS) is 21.6. The van der Waals surface area contributed by atoms with Gasteiger partial charge in [0.1, 0.15) is 17.7 Å². The minimum absolute atomic E-state index is 0.0626. The van der Waals surface area contributed by atoms with Crippen LogP contribution in [0.4, 0.5) is 33.5 Å². The van der Waals surface area contributed by atoms with Gasteiger partial charge in [0, 0.05) is 37.2 Å². The molecule has 0 bridgehead atoms. The highest BCUT2D eigenvalue weighted by Gasteiger charge is 2.40. The second-order valence-corrected chi connectivity index (χ2v) is 10.7. The average Bonchev–Trinajstić information content (AvgIpc) is 3.26. The molecular weight excluding hydrogens is 601 g/mol. The molecular formula is C27H29ClF5N7O3. The van der Waals surface area contributed by atoms with Gasteiger partial charge in [-0.2, -0.15) is 23.1 Å². The maximum atomic E-state index is 15.0. The van der Waals surface area contributed by atoms with Crippen LogP contribution in [-0.4, -0.2) is 72.5 Å². The molecule has 4 N–H and O–H groups in total. The summed E-state index contributed by atoms with van der Waals surface area (Å²) >= 11 is 6.55. The van der Waals surface area contributed by atoms with Crippen LogP contribution in [-0.2, 0) is 28.7 Å². The van der Waals surface area contributed by atoms with Crippen molar-refractivity contribution in [1.29, 1.82) is 0 Å². The fourth-order valence-corrected chi connectivity index (χ4v) is 5.57. The average molecular weight is 630 g/mol. The van der Waals surface area contributed by atoms with Gasteiger partial charge in [-0.05, 0) is 25.0 Å². The molecule has 232 valence electrons. The van der Waals surface area contributed by atoms with E-state index in [9.17, 15) is 22.4 Å². The van der Waals surface area contributed by atoms with Crippen LogP contribution in [0.15, 0.2) is 27.9 Å². The number of nitrogens with zero attached hydrogens (tertiary/aromatic N) is 5. The largest absolute Gasteiger partial charge is 0.467 e. The van der Waals surface area contributed by atoms with Crippen LogP contribution in [0.2, 0.25) is 0 Å². The first-order valence-corrected chi connectivity index (χ1v) is 13.8. The Bertz CT molecular complexity index is 1490. The summed E-state index contributed by atoms with van der Waals surface area (Å²) in [6, 6.07) is 1.53. The zero-order chi connectivity index (χ0) is 31.1. The lowest BCUT2D eigenvalue weighted by Gasteiger charge is -2.31. The van der Waals surface area contributed by atoms with E-state index in [2.05, 4.69) is 15.0 Å². The summed E-state index contributed by atoms with van der Waals surface area (Å²) in [4.78, 5) is 29.2. The van der Waals surface area contributed by atoms with E-state index in [1.165, 1.54) is 12.0 Å². The molecule has 1 aromatic carbocycles. The number of nitrogens with two attached hydrogens (primary N) is 2. The third kappa shape index (κ3) is 6.18. The summed E-state index contributed by atoms with van der Waals surface area (Å²) < 4.78 is 81.1. The van der Waals surface area contributed by atoms with Crippen molar-refractivity contribution in [3.05, 3.63) is 51.1 Å². The number of nitrogen functional groups attached to an aromatic ring is 1. The minimum Gasteiger partial charge on any atom is -0.467 e. The summed E-state index contributed by atoms with van der Waals surface area (Å²) in [6.07, 6.45) is -6.74. The second-order valence-electron chi connectivity index (χ2n) is 10.4. The first-order chi connectivity index (χ1) is 20.4. The molecule has 0 aliphatic carbocycles. The molecule has 0 saturated carbocycles. The summed E-state index contributed by atoms with van der Waals surface area (Å²) in [5.74, 6) is -1.44. The lowest BCUT2D eigenvalue weighted by Crippen LogP contribution is -2.36. The number of alkyl halides is 4. The number of likely N-dealkylation sites (tertiary alicyclic amines) is 1. The predicted octanol–water partition coefficient (Wildman–Crippen LogP) is 3.67. The van der Waals surface area contributed by atoms with Gasteiger partial charge in [-0.25, -0.2) is 8.78 Å². The quantitative estimate of drug-likeness (QED) is 0.291. The van der Waals surface area contributed by atoms with Gasteiger partial charge < -0.3 is 30.7 Å². The molecule has 3 aliphatic rings. The van der Waals surface area contributed by atoms with E-state index in [4.69, 9.17) is 32.5 Å². The Morgan fingerprint density at radius 3 is 2.67 bits per heavy atom. The minimum atomic E-state index is -4.85. The van der Waals surface area contributed by atoms with Crippen LogP contribution < -0.4 is 21.1 Å². The topological polar surface area (TPSA) is 132 Å². The van der Waals surface area contributed by atoms with Gasteiger partial charge in [0.2, 0.25) is 0 Å². The van der Waals surface area contributed by atoms with Gasteiger partial charge in [0.05, 0.1) is 60.6 Å². The molecule has 2 aromatic rings.